The average Bonchev–Trinajstić information content (AvgIpc) is 2.59. The van der Waals surface area contributed by atoms with Gasteiger partial charge in [-0.25, -0.2) is 0 Å². The first-order valence-electron chi connectivity index (χ1n) is 8.03. The summed E-state index contributed by atoms with van der Waals surface area (Å²) in [5.74, 6) is -1.58. The van der Waals surface area contributed by atoms with E-state index in [2.05, 4.69) is 10.6 Å². The summed E-state index contributed by atoms with van der Waals surface area (Å²) in [4.78, 5) is 36.7. The second-order valence-electron chi connectivity index (χ2n) is 6.32. The third-order valence-corrected chi connectivity index (χ3v) is 4.78. The van der Waals surface area contributed by atoms with Crippen LogP contribution in [-0.4, -0.2) is 42.2 Å². The Kier molecular flexibility index (Phi) is 4.24. The highest BCUT2D eigenvalue weighted by molar-refractivity contribution is 6.28. The number of hydrogen-bond acceptors (Lipinski definition) is 5. The largest absolute Gasteiger partial charge is 0.506 e. The molecule has 0 saturated carbocycles. The number of benzene rings is 1. The predicted octanol–water partition coefficient (Wildman–Crippen LogP) is 0.865. The van der Waals surface area contributed by atoms with Crippen molar-refractivity contribution in [1.82, 2.24) is 10.6 Å². The Morgan fingerprint density at radius 1 is 1.25 bits per heavy atom. The maximum absolute atomic E-state index is 13.2. The molecular formula is C18H20N2O4. The minimum atomic E-state index is -0.795. The Morgan fingerprint density at radius 3 is 2.58 bits per heavy atom. The van der Waals surface area contributed by atoms with Gasteiger partial charge in [0, 0.05) is 5.56 Å². The third kappa shape index (κ3) is 2.53. The summed E-state index contributed by atoms with van der Waals surface area (Å²) < 4.78 is 0. The van der Waals surface area contributed by atoms with Crippen LogP contribution in [0.3, 0.4) is 0 Å². The third-order valence-electron chi connectivity index (χ3n) is 4.78. The van der Waals surface area contributed by atoms with E-state index in [-0.39, 0.29) is 29.4 Å². The molecule has 3 N–H and O–H groups in total. The van der Waals surface area contributed by atoms with E-state index >= 15 is 0 Å². The molecule has 1 fully saturated rings. The average molecular weight is 328 g/mol. The Labute approximate surface area is 139 Å². The quantitative estimate of drug-likeness (QED) is 0.716. The lowest BCUT2D eigenvalue weighted by Crippen LogP contribution is -2.50. The number of piperidine rings is 1. The molecule has 1 aliphatic heterocycles. The summed E-state index contributed by atoms with van der Waals surface area (Å²) in [6, 6.07) is 7.17. The minimum Gasteiger partial charge on any atom is -0.506 e. The summed E-state index contributed by atoms with van der Waals surface area (Å²) >= 11 is 0. The number of carbonyl (C=O) groups is 3. The second-order valence-corrected chi connectivity index (χ2v) is 6.32. The zero-order valence-corrected chi connectivity index (χ0v) is 13.5. The number of aliphatic hydroxyl groups excluding tert-OH is 1. The highest BCUT2D eigenvalue weighted by Crippen LogP contribution is 2.44. The van der Waals surface area contributed by atoms with Crippen LogP contribution in [0.2, 0.25) is 0 Å². The molecule has 1 amide bonds. The van der Waals surface area contributed by atoms with Gasteiger partial charge in [-0.1, -0.05) is 24.3 Å². The fourth-order valence-electron chi connectivity index (χ4n) is 3.56. The highest BCUT2D eigenvalue weighted by atomic mass is 16.3. The normalized spacial score (nSPS) is 19.1. The van der Waals surface area contributed by atoms with Crippen molar-refractivity contribution in [3.63, 3.8) is 0 Å². The van der Waals surface area contributed by atoms with Crippen LogP contribution in [0.4, 0.5) is 0 Å². The number of ketones is 2. The molecule has 1 aromatic rings. The van der Waals surface area contributed by atoms with Crippen molar-refractivity contribution in [3.8, 4) is 0 Å². The Balaban J connectivity index is 2.10. The van der Waals surface area contributed by atoms with Crippen LogP contribution in [0.25, 0.3) is 5.76 Å². The molecule has 1 saturated heterocycles. The number of Topliss-reactive ketones (excluding diaryl/α,β-unsaturated/α-hetero) is 2. The minimum absolute atomic E-state index is 0.168. The SMILES string of the molecule is CC(=O)CNC(=O)C1=C(O)c2ccccc2C2(CCNCC2)C1=O. The van der Waals surface area contributed by atoms with E-state index in [0.717, 1.165) is 5.56 Å². The number of carbonyl (C=O) groups excluding carboxylic acids is 3. The van der Waals surface area contributed by atoms with E-state index < -0.39 is 11.3 Å². The standard InChI is InChI=1S/C18H20N2O4/c1-11(21)10-20-17(24)14-15(22)12-4-2-3-5-13(12)18(16(14)23)6-8-19-9-7-18/h2-5,19,22H,6-10H2,1H3,(H,20,24). The summed E-state index contributed by atoms with van der Waals surface area (Å²) in [6.45, 7) is 2.52. The van der Waals surface area contributed by atoms with E-state index in [1.54, 1.807) is 12.1 Å². The van der Waals surface area contributed by atoms with Crippen LogP contribution in [0.5, 0.6) is 0 Å². The van der Waals surface area contributed by atoms with Crippen LogP contribution in [-0.2, 0) is 19.8 Å². The first-order valence-corrected chi connectivity index (χ1v) is 8.03. The van der Waals surface area contributed by atoms with E-state index in [1.165, 1.54) is 6.92 Å². The highest BCUT2D eigenvalue weighted by Gasteiger charge is 2.49. The van der Waals surface area contributed by atoms with Crippen molar-refractivity contribution >= 4 is 23.2 Å². The number of rotatable bonds is 3. The van der Waals surface area contributed by atoms with Crippen molar-refractivity contribution in [2.75, 3.05) is 19.6 Å². The Hall–Kier alpha value is -2.47. The number of aliphatic hydroxyl groups is 1. The summed E-state index contributed by atoms with van der Waals surface area (Å²) in [5.41, 5.74) is 0.262. The van der Waals surface area contributed by atoms with Gasteiger partial charge < -0.3 is 15.7 Å². The fraction of sp³-hybridized carbons (Fsp3) is 0.389. The zero-order valence-electron chi connectivity index (χ0n) is 13.5. The van der Waals surface area contributed by atoms with Crippen molar-refractivity contribution in [2.45, 2.75) is 25.2 Å². The number of nitrogens with one attached hydrogen (secondary N) is 2. The monoisotopic (exact) mass is 328 g/mol. The van der Waals surface area contributed by atoms with Gasteiger partial charge in [-0.05, 0) is 38.4 Å². The molecule has 3 rings (SSSR count). The van der Waals surface area contributed by atoms with Gasteiger partial charge in [0.1, 0.15) is 17.1 Å². The smallest absolute Gasteiger partial charge is 0.259 e. The van der Waals surface area contributed by atoms with E-state index in [1.807, 2.05) is 12.1 Å². The molecule has 1 aromatic carbocycles. The summed E-state index contributed by atoms with van der Waals surface area (Å²) in [7, 11) is 0. The van der Waals surface area contributed by atoms with Gasteiger partial charge in [0.15, 0.2) is 5.78 Å². The molecule has 0 atom stereocenters. The van der Waals surface area contributed by atoms with Crippen LogP contribution in [0.1, 0.15) is 30.9 Å². The first-order chi connectivity index (χ1) is 11.5. The molecule has 1 heterocycles. The van der Waals surface area contributed by atoms with E-state index in [9.17, 15) is 19.5 Å². The number of fused-ring (bicyclic) bond motifs is 2. The van der Waals surface area contributed by atoms with Crippen molar-refractivity contribution in [3.05, 3.63) is 41.0 Å². The van der Waals surface area contributed by atoms with Crippen LogP contribution in [0.15, 0.2) is 29.8 Å². The Morgan fingerprint density at radius 2 is 1.92 bits per heavy atom. The van der Waals surface area contributed by atoms with Gasteiger partial charge in [-0.2, -0.15) is 0 Å². The van der Waals surface area contributed by atoms with Gasteiger partial charge in [0.2, 0.25) is 0 Å². The lowest BCUT2D eigenvalue weighted by atomic mass is 9.63. The predicted molar refractivity (Wildman–Crippen MR) is 88.5 cm³/mol. The lowest BCUT2D eigenvalue weighted by molar-refractivity contribution is -0.128. The van der Waals surface area contributed by atoms with Gasteiger partial charge in [0.25, 0.3) is 5.91 Å². The molecule has 126 valence electrons. The van der Waals surface area contributed by atoms with Crippen molar-refractivity contribution in [2.24, 2.45) is 0 Å². The molecule has 6 heteroatoms. The molecule has 2 aliphatic rings. The maximum Gasteiger partial charge on any atom is 0.259 e. The molecule has 0 unspecified atom stereocenters. The number of hydrogen-bond donors (Lipinski definition) is 3. The fourth-order valence-corrected chi connectivity index (χ4v) is 3.56. The maximum atomic E-state index is 13.2. The lowest BCUT2D eigenvalue weighted by Gasteiger charge is -2.40. The van der Waals surface area contributed by atoms with Gasteiger partial charge >= 0.3 is 0 Å². The zero-order chi connectivity index (χ0) is 17.3. The van der Waals surface area contributed by atoms with E-state index in [0.29, 0.717) is 31.5 Å². The van der Waals surface area contributed by atoms with Gasteiger partial charge in [0.05, 0.1) is 12.0 Å². The van der Waals surface area contributed by atoms with E-state index in [4.69, 9.17) is 0 Å². The van der Waals surface area contributed by atoms with Crippen LogP contribution < -0.4 is 10.6 Å². The molecule has 1 aliphatic carbocycles. The Bertz CT molecular complexity index is 745. The molecule has 0 bridgehead atoms. The molecule has 6 nitrogen and oxygen atoms in total. The topological polar surface area (TPSA) is 95.5 Å². The molecule has 1 spiro atoms. The van der Waals surface area contributed by atoms with Gasteiger partial charge in [-0.3, -0.25) is 14.4 Å². The van der Waals surface area contributed by atoms with Gasteiger partial charge in [-0.15, -0.1) is 0 Å². The first kappa shape index (κ1) is 16.4. The molecule has 0 radical (unpaired) electrons. The molecular weight excluding hydrogens is 308 g/mol. The number of amides is 1. The second kappa shape index (κ2) is 6.20. The van der Waals surface area contributed by atoms with Crippen LogP contribution >= 0.6 is 0 Å². The molecule has 0 aromatic heterocycles. The van der Waals surface area contributed by atoms with Crippen molar-refractivity contribution < 1.29 is 19.5 Å². The van der Waals surface area contributed by atoms with Crippen LogP contribution in [0, 0.1) is 0 Å². The molecule has 24 heavy (non-hydrogen) atoms. The van der Waals surface area contributed by atoms with Crippen molar-refractivity contribution in [1.29, 1.82) is 0 Å². The summed E-state index contributed by atoms with van der Waals surface area (Å²) in [6.07, 6.45) is 1.14. The summed E-state index contributed by atoms with van der Waals surface area (Å²) in [5, 5.41) is 16.2.